The second-order valence-electron chi connectivity index (χ2n) is 8.04. The number of furan rings is 1. The summed E-state index contributed by atoms with van der Waals surface area (Å²) < 4.78 is 10.8. The van der Waals surface area contributed by atoms with Crippen molar-refractivity contribution in [3.8, 4) is 5.75 Å². The van der Waals surface area contributed by atoms with Crippen LogP contribution in [0.25, 0.3) is 11.0 Å². The molecule has 2 aromatic carbocycles. The third-order valence-electron chi connectivity index (χ3n) is 5.74. The first-order chi connectivity index (χ1) is 17.3. The van der Waals surface area contributed by atoms with Crippen LogP contribution in [-0.4, -0.2) is 39.5 Å². The summed E-state index contributed by atoms with van der Waals surface area (Å²) in [6, 6.07) is 13.5. The van der Waals surface area contributed by atoms with Crippen LogP contribution in [0.15, 0.2) is 70.3 Å². The average Bonchev–Trinajstić information content (AvgIpc) is 3.53. The maximum atomic E-state index is 13.6. The van der Waals surface area contributed by atoms with E-state index in [1.807, 2.05) is 0 Å². The Morgan fingerprint density at radius 1 is 1.14 bits per heavy atom. The van der Waals surface area contributed by atoms with Crippen LogP contribution in [0.3, 0.4) is 0 Å². The number of carbonyl (C=O) groups excluding carboxylic acids is 3. The standard InChI is InChI=1S/C26H20N2O7S/c1-3-34-25(33)23-13(2)27-26(36-23)28-20(15-8-6-9-16(29)11-15)19(22(31)24(28)32)21(30)18-12-14-7-4-5-10-17(14)35-18/h4-12,20,29,31H,3H2,1-2H3. The third kappa shape index (κ3) is 3.81. The van der Waals surface area contributed by atoms with Crippen molar-refractivity contribution in [2.75, 3.05) is 11.5 Å². The minimum absolute atomic E-state index is 0.0555. The number of aliphatic hydroxyl groups is 1. The van der Waals surface area contributed by atoms with Gasteiger partial charge in [-0.3, -0.25) is 14.5 Å². The van der Waals surface area contributed by atoms with Gasteiger partial charge in [-0.1, -0.05) is 41.7 Å². The Bertz CT molecular complexity index is 1530. The molecule has 0 spiro atoms. The first-order valence-electron chi connectivity index (χ1n) is 11.0. The summed E-state index contributed by atoms with van der Waals surface area (Å²) in [6.07, 6.45) is 0. The SMILES string of the molecule is CCOC(=O)c1sc(N2C(=O)C(O)=C(C(=O)c3cc4ccccc4o3)C2c2cccc(O)c2)nc1C. The normalized spacial score (nSPS) is 15.7. The zero-order valence-corrected chi connectivity index (χ0v) is 20.0. The highest BCUT2D eigenvalue weighted by Gasteiger charge is 2.47. The van der Waals surface area contributed by atoms with Gasteiger partial charge in [-0.2, -0.15) is 0 Å². The van der Waals surface area contributed by atoms with Crippen molar-refractivity contribution in [3.63, 3.8) is 0 Å². The van der Waals surface area contributed by atoms with Crippen LogP contribution >= 0.6 is 11.3 Å². The van der Waals surface area contributed by atoms with Crippen LogP contribution in [-0.2, 0) is 9.53 Å². The highest BCUT2D eigenvalue weighted by Crippen LogP contribution is 2.44. The number of ketones is 1. The zero-order valence-electron chi connectivity index (χ0n) is 19.2. The number of nitrogens with zero attached hydrogens (tertiary/aromatic N) is 2. The summed E-state index contributed by atoms with van der Waals surface area (Å²) in [5.41, 5.74) is 0.950. The molecule has 0 saturated heterocycles. The number of esters is 1. The average molecular weight is 505 g/mol. The van der Waals surface area contributed by atoms with E-state index in [1.54, 1.807) is 50.2 Å². The lowest BCUT2D eigenvalue weighted by atomic mass is 9.95. The molecule has 5 rings (SSSR count). The number of hydrogen-bond donors (Lipinski definition) is 2. The third-order valence-corrected chi connectivity index (χ3v) is 6.88. The lowest BCUT2D eigenvalue weighted by Gasteiger charge is -2.24. The molecule has 1 aliphatic heterocycles. The van der Waals surface area contributed by atoms with Crippen LogP contribution in [0.5, 0.6) is 5.75 Å². The molecular formula is C26H20N2O7S. The molecule has 1 unspecified atom stereocenters. The highest BCUT2D eigenvalue weighted by molar-refractivity contribution is 7.17. The molecule has 10 heteroatoms. The minimum atomic E-state index is -1.13. The fraction of sp³-hybridized carbons (Fsp3) is 0.154. The number of anilines is 1. The first kappa shape index (κ1) is 23.3. The fourth-order valence-electron chi connectivity index (χ4n) is 4.14. The fourth-order valence-corrected chi connectivity index (χ4v) is 5.13. The monoisotopic (exact) mass is 504 g/mol. The van der Waals surface area contributed by atoms with Crippen LogP contribution in [0.2, 0.25) is 0 Å². The Labute approximate surface area is 208 Å². The maximum absolute atomic E-state index is 13.6. The van der Waals surface area contributed by atoms with Crippen molar-refractivity contribution in [1.29, 1.82) is 0 Å². The van der Waals surface area contributed by atoms with E-state index in [4.69, 9.17) is 9.15 Å². The largest absolute Gasteiger partial charge is 0.508 e. The highest BCUT2D eigenvalue weighted by atomic mass is 32.1. The van der Waals surface area contributed by atoms with Crippen molar-refractivity contribution in [1.82, 2.24) is 4.98 Å². The van der Waals surface area contributed by atoms with Gasteiger partial charge in [-0.15, -0.1) is 0 Å². The lowest BCUT2D eigenvalue weighted by Crippen LogP contribution is -2.31. The minimum Gasteiger partial charge on any atom is -0.508 e. The van der Waals surface area contributed by atoms with Gasteiger partial charge in [0.1, 0.15) is 16.2 Å². The topological polar surface area (TPSA) is 130 Å². The lowest BCUT2D eigenvalue weighted by molar-refractivity contribution is -0.117. The predicted molar refractivity (Wildman–Crippen MR) is 131 cm³/mol. The number of aliphatic hydroxyl groups excluding tert-OH is 1. The molecule has 36 heavy (non-hydrogen) atoms. The van der Waals surface area contributed by atoms with E-state index in [-0.39, 0.29) is 33.7 Å². The van der Waals surface area contributed by atoms with E-state index in [0.29, 0.717) is 22.2 Å². The van der Waals surface area contributed by atoms with Gasteiger partial charge in [0.25, 0.3) is 5.91 Å². The number of aromatic nitrogens is 1. The molecular weight excluding hydrogens is 484 g/mol. The van der Waals surface area contributed by atoms with E-state index in [9.17, 15) is 24.6 Å². The summed E-state index contributed by atoms with van der Waals surface area (Å²) in [6.45, 7) is 3.44. The van der Waals surface area contributed by atoms with Crippen LogP contribution < -0.4 is 4.90 Å². The second kappa shape index (κ2) is 8.97. The number of amides is 1. The van der Waals surface area contributed by atoms with Crippen LogP contribution in [0.4, 0.5) is 5.13 Å². The van der Waals surface area contributed by atoms with Gasteiger partial charge in [-0.25, -0.2) is 9.78 Å². The second-order valence-corrected chi connectivity index (χ2v) is 9.02. The van der Waals surface area contributed by atoms with Gasteiger partial charge in [0.05, 0.1) is 23.9 Å². The number of hydrogen-bond acceptors (Lipinski definition) is 9. The summed E-state index contributed by atoms with van der Waals surface area (Å²) in [5.74, 6) is -3.06. The van der Waals surface area contributed by atoms with Crippen molar-refractivity contribution < 1.29 is 33.8 Å². The number of thiazole rings is 1. The number of phenolic OH excluding ortho intramolecular Hbond substituents is 1. The number of benzene rings is 2. The van der Waals surface area contributed by atoms with E-state index in [0.717, 1.165) is 16.2 Å². The van der Waals surface area contributed by atoms with Gasteiger partial charge in [0.2, 0.25) is 5.78 Å². The quantitative estimate of drug-likeness (QED) is 0.281. The predicted octanol–water partition coefficient (Wildman–Crippen LogP) is 4.86. The van der Waals surface area contributed by atoms with E-state index >= 15 is 0 Å². The summed E-state index contributed by atoms with van der Waals surface area (Å²) in [7, 11) is 0. The number of carbonyl (C=O) groups is 3. The molecule has 3 heterocycles. The molecule has 2 N–H and O–H groups in total. The number of aryl methyl sites for hydroxylation is 1. The maximum Gasteiger partial charge on any atom is 0.350 e. The smallest absolute Gasteiger partial charge is 0.350 e. The molecule has 182 valence electrons. The number of Topliss-reactive ketones (excluding diaryl/α,β-unsaturated/α-hetero) is 1. The van der Waals surface area contributed by atoms with E-state index in [2.05, 4.69) is 4.98 Å². The van der Waals surface area contributed by atoms with Crippen molar-refractivity contribution in [3.05, 3.63) is 87.8 Å². The van der Waals surface area contributed by atoms with Gasteiger partial charge >= 0.3 is 5.97 Å². The molecule has 9 nitrogen and oxygen atoms in total. The molecule has 0 bridgehead atoms. The summed E-state index contributed by atoms with van der Waals surface area (Å²) in [4.78, 5) is 45.0. The molecule has 0 saturated carbocycles. The zero-order chi connectivity index (χ0) is 25.6. The van der Waals surface area contributed by atoms with Gasteiger partial charge in [0, 0.05) is 5.39 Å². The Balaban J connectivity index is 1.64. The Hall–Kier alpha value is -4.44. The molecule has 2 aromatic heterocycles. The van der Waals surface area contributed by atoms with Gasteiger partial charge in [0.15, 0.2) is 16.7 Å². The summed E-state index contributed by atoms with van der Waals surface area (Å²) >= 11 is 0.911. The number of fused-ring (bicyclic) bond motifs is 1. The Morgan fingerprint density at radius 2 is 1.92 bits per heavy atom. The Morgan fingerprint density at radius 3 is 2.64 bits per heavy atom. The molecule has 0 radical (unpaired) electrons. The number of para-hydroxylation sites is 1. The first-order valence-corrected chi connectivity index (χ1v) is 11.8. The number of aromatic hydroxyl groups is 1. The molecule has 0 aliphatic carbocycles. The van der Waals surface area contributed by atoms with Crippen molar-refractivity contribution >= 4 is 45.1 Å². The van der Waals surface area contributed by atoms with Crippen LogP contribution in [0.1, 0.15) is 44.4 Å². The molecule has 4 aromatic rings. The van der Waals surface area contributed by atoms with E-state index in [1.165, 1.54) is 18.2 Å². The van der Waals surface area contributed by atoms with Gasteiger partial charge < -0.3 is 19.4 Å². The van der Waals surface area contributed by atoms with Crippen molar-refractivity contribution in [2.24, 2.45) is 0 Å². The van der Waals surface area contributed by atoms with Crippen molar-refractivity contribution in [2.45, 2.75) is 19.9 Å². The number of rotatable bonds is 6. The van der Waals surface area contributed by atoms with Crippen LogP contribution in [0, 0.1) is 6.92 Å². The molecule has 1 atom stereocenters. The summed E-state index contributed by atoms with van der Waals surface area (Å²) in [5, 5.41) is 21.8. The number of ether oxygens (including phenoxy) is 1. The molecule has 1 aliphatic rings. The molecule has 0 fully saturated rings. The molecule has 1 amide bonds. The number of phenols is 1. The van der Waals surface area contributed by atoms with E-state index < -0.39 is 29.5 Å². The van der Waals surface area contributed by atoms with Gasteiger partial charge in [-0.05, 0) is 43.7 Å². The Kier molecular flexibility index (Phi) is 5.81.